The van der Waals surface area contributed by atoms with Gasteiger partial charge in [-0.15, -0.1) is 11.3 Å². The summed E-state index contributed by atoms with van der Waals surface area (Å²) >= 11 is 1.81. The molecular formula is C16H22N4OS. The quantitative estimate of drug-likeness (QED) is 0.823. The molecule has 22 heavy (non-hydrogen) atoms. The first-order valence-electron chi connectivity index (χ1n) is 7.97. The predicted molar refractivity (Wildman–Crippen MR) is 86.6 cm³/mol. The van der Waals surface area contributed by atoms with Gasteiger partial charge in [-0.3, -0.25) is 9.48 Å². The van der Waals surface area contributed by atoms with Gasteiger partial charge >= 0.3 is 0 Å². The fraction of sp³-hybridized carbons (Fsp3) is 0.562. The van der Waals surface area contributed by atoms with Crippen LogP contribution in [0.2, 0.25) is 0 Å². The molecule has 2 aromatic heterocycles. The van der Waals surface area contributed by atoms with Crippen molar-refractivity contribution in [1.82, 2.24) is 19.7 Å². The zero-order valence-corrected chi connectivity index (χ0v) is 13.5. The molecule has 0 N–H and O–H groups in total. The number of aryl methyl sites for hydroxylation is 2. The van der Waals surface area contributed by atoms with Gasteiger partial charge < -0.3 is 4.90 Å². The van der Waals surface area contributed by atoms with Crippen molar-refractivity contribution in [2.24, 2.45) is 0 Å². The smallest absolute Gasteiger partial charge is 0.224 e. The minimum absolute atomic E-state index is 0.256. The van der Waals surface area contributed by atoms with E-state index in [1.165, 1.54) is 17.6 Å². The first-order chi connectivity index (χ1) is 10.8. The van der Waals surface area contributed by atoms with E-state index in [-0.39, 0.29) is 5.91 Å². The highest BCUT2D eigenvalue weighted by Gasteiger charge is 2.26. The third-order valence-electron chi connectivity index (χ3n) is 4.27. The lowest BCUT2D eigenvalue weighted by atomic mass is 9.97. The minimum atomic E-state index is 0.256. The Labute approximate surface area is 135 Å². The molecule has 0 saturated carbocycles. The molecule has 0 bridgehead atoms. The number of thiophene rings is 1. The van der Waals surface area contributed by atoms with E-state index >= 15 is 0 Å². The second kappa shape index (κ2) is 7.54. The number of piperidine rings is 1. The first kappa shape index (κ1) is 15.2. The molecule has 1 aliphatic heterocycles. The molecule has 1 saturated heterocycles. The van der Waals surface area contributed by atoms with Gasteiger partial charge in [-0.05, 0) is 43.6 Å². The molecule has 6 heteroatoms. The predicted octanol–water partition coefficient (Wildman–Crippen LogP) is 2.74. The van der Waals surface area contributed by atoms with Gasteiger partial charge in [-0.25, -0.2) is 4.98 Å². The molecule has 0 spiro atoms. The normalized spacial score (nSPS) is 18.5. The Kier molecular flexibility index (Phi) is 5.21. The van der Waals surface area contributed by atoms with Gasteiger partial charge in [-0.2, -0.15) is 5.10 Å². The van der Waals surface area contributed by atoms with Gasteiger partial charge in [0.15, 0.2) is 0 Å². The average molecular weight is 318 g/mol. The monoisotopic (exact) mass is 318 g/mol. The molecule has 3 rings (SSSR count). The molecule has 3 heterocycles. The first-order valence-corrected chi connectivity index (χ1v) is 8.85. The highest BCUT2D eigenvalue weighted by atomic mass is 32.1. The van der Waals surface area contributed by atoms with E-state index < -0.39 is 0 Å². The number of carbonyl (C=O) groups excluding carboxylic acids is 1. The Bertz CT molecular complexity index is 567. The Morgan fingerprint density at radius 3 is 3.14 bits per heavy atom. The van der Waals surface area contributed by atoms with Crippen molar-refractivity contribution in [3.8, 4) is 0 Å². The fourth-order valence-corrected chi connectivity index (χ4v) is 3.82. The topological polar surface area (TPSA) is 51.0 Å². The van der Waals surface area contributed by atoms with E-state index in [0.29, 0.717) is 19.0 Å². The van der Waals surface area contributed by atoms with Crippen LogP contribution in [0.1, 0.15) is 37.0 Å². The lowest BCUT2D eigenvalue weighted by Crippen LogP contribution is -2.44. The Morgan fingerprint density at radius 1 is 1.41 bits per heavy atom. The summed E-state index contributed by atoms with van der Waals surface area (Å²) in [6, 6.07) is 4.69. The van der Waals surface area contributed by atoms with E-state index in [4.69, 9.17) is 0 Å². The van der Waals surface area contributed by atoms with E-state index in [1.807, 2.05) is 11.3 Å². The Morgan fingerprint density at radius 2 is 2.36 bits per heavy atom. The van der Waals surface area contributed by atoms with Crippen molar-refractivity contribution in [2.45, 2.75) is 51.1 Å². The number of likely N-dealkylation sites (tertiary alicyclic amines) is 1. The van der Waals surface area contributed by atoms with Crippen LogP contribution in [0.4, 0.5) is 0 Å². The largest absolute Gasteiger partial charge is 0.340 e. The van der Waals surface area contributed by atoms with Crippen molar-refractivity contribution in [3.05, 3.63) is 35.0 Å². The van der Waals surface area contributed by atoms with Crippen LogP contribution in [-0.4, -0.2) is 38.2 Å². The average Bonchev–Trinajstić information content (AvgIpc) is 3.24. The second-order valence-corrected chi connectivity index (χ2v) is 6.80. The third-order valence-corrected chi connectivity index (χ3v) is 5.21. The molecule has 1 fully saturated rings. The van der Waals surface area contributed by atoms with Crippen molar-refractivity contribution >= 4 is 17.2 Å². The summed E-state index contributed by atoms with van der Waals surface area (Å²) in [4.78, 5) is 20.0. The Hall–Kier alpha value is -1.69. The van der Waals surface area contributed by atoms with Crippen LogP contribution >= 0.6 is 11.3 Å². The molecule has 1 amide bonds. The minimum Gasteiger partial charge on any atom is -0.340 e. The van der Waals surface area contributed by atoms with E-state index in [2.05, 4.69) is 32.5 Å². The standard InChI is InChI=1S/C16H22N4OS/c21-16(8-10-19-13-17-12-18-19)20-9-2-1-4-14(20)6-7-15-5-3-11-22-15/h3,5,11-14H,1-2,4,6-10H2. The number of hydrogen-bond acceptors (Lipinski definition) is 4. The lowest BCUT2D eigenvalue weighted by Gasteiger charge is -2.36. The molecule has 5 nitrogen and oxygen atoms in total. The number of amides is 1. The van der Waals surface area contributed by atoms with Gasteiger partial charge in [0, 0.05) is 23.9 Å². The fourth-order valence-electron chi connectivity index (χ4n) is 3.09. The molecule has 118 valence electrons. The molecular weight excluding hydrogens is 296 g/mol. The third kappa shape index (κ3) is 3.94. The highest BCUT2D eigenvalue weighted by Crippen LogP contribution is 2.23. The zero-order chi connectivity index (χ0) is 15.2. The molecule has 0 aromatic carbocycles. The maximum Gasteiger partial charge on any atom is 0.224 e. The second-order valence-electron chi connectivity index (χ2n) is 5.76. The maximum atomic E-state index is 12.5. The van der Waals surface area contributed by atoms with Crippen LogP contribution in [-0.2, 0) is 17.8 Å². The maximum absolute atomic E-state index is 12.5. The molecule has 1 aliphatic rings. The number of aromatic nitrogens is 3. The highest BCUT2D eigenvalue weighted by molar-refractivity contribution is 7.09. The summed E-state index contributed by atoms with van der Waals surface area (Å²) in [5.41, 5.74) is 0. The van der Waals surface area contributed by atoms with Crippen molar-refractivity contribution < 1.29 is 4.79 Å². The van der Waals surface area contributed by atoms with Gasteiger partial charge in [-0.1, -0.05) is 6.07 Å². The van der Waals surface area contributed by atoms with Gasteiger partial charge in [0.25, 0.3) is 0 Å². The lowest BCUT2D eigenvalue weighted by molar-refractivity contribution is -0.135. The molecule has 0 radical (unpaired) electrons. The van der Waals surface area contributed by atoms with Crippen LogP contribution in [0.25, 0.3) is 0 Å². The van der Waals surface area contributed by atoms with Crippen LogP contribution in [0.15, 0.2) is 30.2 Å². The van der Waals surface area contributed by atoms with E-state index in [0.717, 1.165) is 32.2 Å². The van der Waals surface area contributed by atoms with Crippen LogP contribution in [0.5, 0.6) is 0 Å². The van der Waals surface area contributed by atoms with E-state index in [1.54, 1.807) is 11.0 Å². The van der Waals surface area contributed by atoms with Crippen molar-refractivity contribution in [3.63, 3.8) is 0 Å². The number of rotatable bonds is 6. The Balaban J connectivity index is 1.53. The summed E-state index contributed by atoms with van der Waals surface area (Å²) < 4.78 is 1.72. The molecule has 2 aromatic rings. The summed E-state index contributed by atoms with van der Waals surface area (Å²) in [7, 11) is 0. The van der Waals surface area contributed by atoms with Crippen LogP contribution < -0.4 is 0 Å². The molecule has 1 unspecified atom stereocenters. The zero-order valence-electron chi connectivity index (χ0n) is 12.7. The number of carbonyl (C=O) groups is 1. The van der Waals surface area contributed by atoms with Gasteiger partial charge in [0.1, 0.15) is 12.7 Å². The van der Waals surface area contributed by atoms with Gasteiger partial charge in [0.2, 0.25) is 5.91 Å². The van der Waals surface area contributed by atoms with Crippen LogP contribution in [0, 0.1) is 0 Å². The summed E-state index contributed by atoms with van der Waals surface area (Å²) in [6.07, 6.45) is 9.35. The number of nitrogens with zero attached hydrogens (tertiary/aromatic N) is 4. The molecule has 1 atom stereocenters. The number of hydrogen-bond donors (Lipinski definition) is 0. The van der Waals surface area contributed by atoms with E-state index in [9.17, 15) is 4.79 Å². The van der Waals surface area contributed by atoms with Crippen LogP contribution in [0.3, 0.4) is 0 Å². The van der Waals surface area contributed by atoms with Crippen molar-refractivity contribution in [1.29, 1.82) is 0 Å². The summed E-state index contributed by atoms with van der Waals surface area (Å²) in [5.74, 6) is 0.256. The van der Waals surface area contributed by atoms with Gasteiger partial charge in [0.05, 0.1) is 6.54 Å². The summed E-state index contributed by atoms with van der Waals surface area (Å²) in [5, 5.41) is 6.18. The SMILES string of the molecule is O=C(CCn1cncn1)N1CCCCC1CCc1cccs1. The van der Waals surface area contributed by atoms with Crippen molar-refractivity contribution in [2.75, 3.05) is 6.54 Å². The molecule has 0 aliphatic carbocycles. The summed E-state index contributed by atoms with van der Waals surface area (Å²) in [6.45, 7) is 1.53.